The molecule has 2 aromatic rings. The van der Waals surface area contributed by atoms with Crippen LogP contribution in [0.25, 0.3) is 0 Å². The Bertz CT molecular complexity index is 791. The second-order valence-electron chi connectivity index (χ2n) is 5.59. The van der Waals surface area contributed by atoms with Crippen molar-refractivity contribution in [3.05, 3.63) is 46.8 Å². The third kappa shape index (κ3) is 4.90. The number of hydrogen-bond acceptors (Lipinski definition) is 5. The Hall–Kier alpha value is -2.19. The highest BCUT2D eigenvalue weighted by Gasteiger charge is 2.11. The second-order valence-corrected chi connectivity index (χ2v) is 7.15. The van der Waals surface area contributed by atoms with Crippen molar-refractivity contribution in [1.82, 2.24) is 10.5 Å². The number of rotatable bonds is 7. The van der Waals surface area contributed by atoms with E-state index in [4.69, 9.17) is 9.66 Å². The van der Waals surface area contributed by atoms with Gasteiger partial charge in [-0.3, -0.25) is 4.79 Å². The maximum atomic E-state index is 11.9. The largest absolute Gasteiger partial charge is 0.361 e. The van der Waals surface area contributed by atoms with Gasteiger partial charge in [-0.05, 0) is 44.4 Å². The molecule has 1 aromatic heterocycles. The zero-order valence-electron chi connectivity index (χ0n) is 13.7. The lowest BCUT2D eigenvalue weighted by molar-refractivity contribution is -0.121. The van der Waals surface area contributed by atoms with Crippen molar-refractivity contribution in [2.24, 2.45) is 5.14 Å². The van der Waals surface area contributed by atoms with Gasteiger partial charge in [0.25, 0.3) is 0 Å². The molecule has 0 radical (unpaired) electrons. The first-order chi connectivity index (χ1) is 11.3. The molecule has 0 aliphatic heterocycles. The van der Waals surface area contributed by atoms with Crippen molar-refractivity contribution < 1.29 is 17.7 Å². The lowest BCUT2D eigenvalue weighted by Gasteiger charge is -2.06. The van der Waals surface area contributed by atoms with Crippen LogP contribution in [-0.2, 0) is 27.7 Å². The van der Waals surface area contributed by atoms with Gasteiger partial charge in [-0.2, -0.15) is 0 Å². The van der Waals surface area contributed by atoms with Crippen LogP contribution in [0.2, 0.25) is 0 Å². The van der Waals surface area contributed by atoms with Gasteiger partial charge in [0, 0.05) is 18.5 Å². The molecule has 130 valence electrons. The van der Waals surface area contributed by atoms with Crippen LogP contribution < -0.4 is 10.5 Å². The van der Waals surface area contributed by atoms with E-state index in [0.717, 1.165) is 22.6 Å². The topological polar surface area (TPSA) is 115 Å². The first-order valence-corrected chi connectivity index (χ1v) is 9.12. The maximum Gasteiger partial charge on any atom is 0.238 e. The van der Waals surface area contributed by atoms with Crippen molar-refractivity contribution in [1.29, 1.82) is 0 Å². The van der Waals surface area contributed by atoms with Crippen LogP contribution in [0.5, 0.6) is 0 Å². The van der Waals surface area contributed by atoms with E-state index in [1.54, 1.807) is 12.1 Å². The molecular weight excluding hydrogens is 330 g/mol. The molecule has 1 amide bonds. The minimum atomic E-state index is -3.67. The molecule has 0 unspecified atom stereocenters. The van der Waals surface area contributed by atoms with Crippen LogP contribution in [0.4, 0.5) is 0 Å². The van der Waals surface area contributed by atoms with Crippen molar-refractivity contribution >= 4 is 15.9 Å². The summed E-state index contributed by atoms with van der Waals surface area (Å²) in [4.78, 5) is 12.0. The number of aromatic nitrogens is 1. The Morgan fingerprint density at radius 2 is 1.88 bits per heavy atom. The van der Waals surface area contributed by atoms with Gasteiger partial charge in [-0.1, -0.05) is 17.3 Å². The minimum Gasteiger partial charge on any atom is -0.361 e. The number of nitrogens with two attached hydrogens (primary N) is 1. The van der Waals surface area contributed by atoms with E-state index in [1.807, 2.05) is 13.8 Å². The van der Waals surface area contributed by atoms with Gasteiger partial charge in [-0.25, -0.2) is 13.6 Å². The number of nitrogens with zero attached hydrogens (tertiary/aromatic N) is 1. The first-order valence-electron chi connectivity index (χ1n) is 7.57. The summed E-state index contributed by atoms with van der Waals surface area (Å²) in [6, 6.07) is 6.30. The summed E-state index contributed by atoms with van der Waals surface area (Å²) in [6.45, 7) is 4.17. The maximum absolute atomic E-state index is 11.9. The van der Waals surface area contributed by atoms with E-state index in [9.17, 15) is 13.2 Å². The lowest BCUT2D eigenvalue weighted by Crippen LogP contribution is -2.26. The van der Waals surface area contributed by atoms with Gasteiger partial charge in [0.15, 0.2) is 0 Å². The number of nitrogens with one attached hydrogen (secondary N) is 1. The van der Waals surface area contributed by atoms with Gasteiger partial charge < -0.3 is 9.84 Å². The summed E-state index contributed by atoms with van der Waals surface area (Å²) in [5.74, 6) is 0.700. The van der Waals surface area contributed by atoms with Crippen molar-refractivity contribution in [2.45, 2.75) is 38.0 Å². The molecule has 0 spiro atoms. The summed E-state index contributed by atoms with van der Waals surface area (Å²) >= 11 is 0. The summed E-state index contributed by atoms with van der Waals surface area (Å²) in [6.07, 6.45) is 1.57. The van der Waals surface area contributed by atoms with Gasteiger partial charge >= 0.3 is 0 Å². The Labute approximate surface area is 141 Å². The number of primary sulfonamides is 1. The fourth-order valence-corrected chi connectivity index (χ4v) is 2.89. The molecule has 0 fully saturated rings. The fourth-order valence-electron chi connectivity index (χ4n) is 2.38. The number of carbonyl (C=O) groups excluding carboxylic acids is 1. The standard InChI is InChI=1S/C16H21N3O4S/c1-11-15(12(2)23-19-11)7-8-16(20)18-10-9-13-3-5-14(6-4-13)24(17,21)22/h3-6H,7-10H2,1-2H3,(H,18,20)(H2,17,21,22). The predicted octanol–water partition coefficient (Wildman–Crippen LogP) is 1.23. The van der Waals surface area contributed by atoms with E-state index < -0.39 is 10.0 Å². The molecule has 1 aromatic carbocycles. The number of carbonyl (C=O) groups is 1. The second kappa shape index (κ2) is 7.59. The van der Waals surface area contributed by atoms with Crippen molar-refractivity contribution in [3.8, 4) is 0 Å². The zero-order chi connectivity index (χ0) is 17.7. The zero-order valence-corrected chi connectivity index (χ0v) is 14.5. The van der Waals surface area contributed by atoms with Crippen LogP contribution in [0, 0.1) is 13.8 Å². The molecule has 8 heteroatoms. The van der Waals surface area contributed by atoms with Crippen LogP contribution in [0.3, 0.4) is 0 Å². The highest BCUT2D eigenvalue weighted by molar-refractivity contribution is 7.89. The normalized spacial score (nSPS) is 11.5. The molecule has 0 bridgehead atoms. The van der Waals surface area contributed by atoms with Crippen LogP contribution in [0.15, 0.2) is 33.7 Å². The molecule has 3 N–H and O–H groups in total. The van der Waals surface area contributed by atoms with E-state index in [1.165, 1.54) is 12.1 Å². The van der Waals surface area contributed by atoms with Gasteiger partial charge in [0.1, 0.15) is 5.76 Å². The fraction of sp³-hybridized carbons (Fsp3) is 0.375. The molecule has 0 saturated heterocycles. The summed E-state index contributed by atoms with van der Waals surface area (Å²) in [5.41, 5.74) is 2.72. The quantitative estimate of drug-likeness (QED) is 0.778. The average molecular weight is 351 g/mol. The Morgan fingerprint density at radius 1 is 1.21 bits per heavy atom. The van der Waals surface area contributed by atoms with E-state index >= 15 is 0 Å². The molecular formula is C16H21N3O4S. The Balaban J connectivity index is 1.76. The number of benzene rings is 1. The highest BCUT2D eigenvalue weighted by atomic mass is 32.2. The van der Waals surface area contributed by atoms with Crippen molar-refractivity contribution in [2.75, 3.05) is 6.54 Å². The van der Waals surface area contributed by atoms with Crippen LogP contribution >= 0.6 is 0 Å². The molecule has 1 heterocycles. The smallest absolute Gasteiger partial charge is 0.238 e. The molecule has 0 saturated carbocycles. The lowest BCUT2D eigenvalue weighted by atomic mass is 10.1. The summed E-state index contributed by atoms with van der Waals surface area (Å²) in [5, 5.41) is 11.8. The number of hydrogen-bond donors (Lipinski definition) is 2. The van der Waals surface area contributed by atoms with Gasteiger partial charge in [0.05, 0.1) is 10.6 Å². The monoisotopic (exact) mass is 351 g/mol. The SMILES string of the molecule is Cc1noc(C)c1CCC(=O)NCCc1ccc(S(N)(=O)=O)cc1. The number of amides is 1. The third-order valence-corrected chi connectivity index (χ3v) is 4.70. The van der Waals surface area contributed by atoms with E-state index in [0.29, 0.717) is 25.8 Å². The Morgan fingerprint density at radius 3 is 2.42 bits per heavy atom. The van der Waals surface area contributed by atoms with E-state index in [2.05, 4.69) is 10.5 Å². The number of aryl methyl sites for hydroxylation is 2. The molecule has 0 aliphatic carbocycles. The van der Waals surface area contributed by atoms with Crippen molar-refractivity contribution in [3.63, 3.8) is 0 Å². The predicted molar refractivity (Wildman–Crippen MR) is 88.8 cm³/mol. The molecule has 7 nitrogen and oxygen atoms in total. The van der Waals surface area contributed by atoms with Gasteiger partial charge in [0.2, 0.25) is 15.9 Å². The van der Waals surface area contributed by atoms with E-state index in [-0.39, 0.29) is 10.8 Å². The van der Waals surface area contributed by atoms with Gasteiger partial charge in [-0.15, -0.1) is 0 Å². The average Bonchev–Trinajstić information content (AvgIpc) is 2.83. The number of sulfonamides is 1. The van der Waals surface area contributed by atoms with Crippen LogP contribution in [-0.4, -0.2) is 26.0 Å². The highest BCUT2D eigenvalue weighted by Crippen LogP contribution is 2.14. The third-order valence-electron chi connectivity index (χ3n) is 3.77. The first kappa shape index (κ1) is 18.2. The molecule has 0 atom stereocenters. The minimum absolute atomic E-state index is 0.0452. The molecule has 2 rings (SSSR count). The molecule has 0 aliphatic rings. The Kier molecular flexibility index (Phi) is 5.74. The molecule has 24 heavy (non-hydrogen) atoms. The summed E-state index contributed by atoms with van der Waals surface area (Å²) < 4.78 is 27.4. The summed E-state index contributed by atoms with van der Waals surface area (Å²) in [7, 11) is -3.67. The van der Waals surface area contributed by atoms with Crippen LogP contribution in [0.1, 0.15) is 29.0 Å².